The van der Waals surface area contributed by atoms with Crippen molar-refractivity contribution < 1.29 is 24.5 Å². The fourth-order valence-electron chi connectivity index (χ4n) is 3.88. The summed E-state index contributed by atoms with van der Waals surface area (Å²) in [5.41, 5.74) is 2.33. The van der Waals surface area contributed by atoms with Crippen molar-refractivity contribution in [2.24, 2.45) is 0 Å². The van der Waals surface area contributed by atoms with Crippen molar-refractivity contribution in [3.63, 3.8) is 0 Å². The first-order valence-corrected chi connectivity index (χ1v) is 11.7. The van der Waals surface area contributed by atoms with Crippen LogP contribution in [0.25, 0.3) is 11.8 Å². The highest BCUT2D eigenvalue weighted by molar-refractivity contribution is 7.11. The quantitative estimate of drug-likeness (QED) is 0.529. The summed E-state index contributed by atoms with van der Waals surface area (Å²) in [6, 6.07) is 4.62. The van der Waals surface area contributed by atoms with E-state index >= 15 is 0 Å². The Morgan fingerprint density at radius 3 is 2.76 bits per heavy atom. The van der Waals surface area contributed by atoms with Crippen LogP contribution < -0.4 is 15.9 Å². The topological polar surface area (TPSA) is 125 Å². The van der Waals surface area contributed by atoms with Gasteiger partial charge in [-0.3, -0.25) is 14.6 Å². The first-order valence-electron chi connectivity index (χ1n) is 10.9. The molecule has 2 aliphatic rings. The fourth-order valence-corrected chi connectivity index (χ4v) is 4.78. The molecule has 2 aromatic heterocycles. The molecule has 1 aliphatic heterocycles. The first-order chi connectivity index (χ1) is 15.9. The van der Waals surface area contributed by atoms with Crippen LogP contribution in [0.5, 0.6) is 0 Å². The second kappa shape index (κ2) is 11.9. The number of nitrogens with zero attached hydrogens (tertiary/aromatic N) is 3. The lowest BCUT2D eigenvalue weighted by molar-refractivity contribution is -0.143. The number of aromatic nitrogens is 2. The maximum atomic E-state index is 9.64. The Hall–Kier alpha value is -2.82. The molecule has 0 aromatic carbocycles. The molecule has 10 heteroatoms. The number of rotatable bonds is 7. The summed E-state index contributed by atoms with van der Waals surface area (Å²) < 4.78 is 5.27. The number of hydrogen-bond acceptors (Lipinski definition) is 8. The van der Waals surface area contributed by atoms with E-state index < -0.39 is 11.9 Å². The van der Waals surface area contributed by atoms with E-state index in [-0.39, 0.29) is 12.8 Å². The highest BCUT2D eigenvalue weighted by Crippen LogP contribution is 2.27. The summed E-state index contributed by atoms with van der Waals surface area (Å²) in [6.07, 6.45) is 5.54. The number of thiazole rings is 1. The summed E-state index contributed by atoms with van der Waals surface area (Å²) in [6.45, 7) is 5.79. The summed E-state index contributed by atoms with van der Waals surface area (Å²) in [5.74, 6) is -2.15. The zero-order valence-corrected chi connectivity index (χ0v) is 19.7. The summed E-state index contributed by atoms with van der Waals surface area (Å²) in [7, 11) is 1.76. The lowest BCUT2D eigenvalue weighted by Crippen LogP contribution is -2.52. The minimum absolute atomic E-state index is 0.296. The monoisotopic (exact) mass is 474 g/mol. The van der Waals surface area contributed by atoms with Gasteiger partial charge in [0.25, 0.3) is 0 Å². The average molecular weight is 475 g/mol. The van der Waals surface area contributed by atoms with Crippen LogP contribution >= 0.6 is 11.3 Å². The Labute approximate surface area is 196 Å². The standard InChI is InChI=1S/C19H24N4OS.C4H6O4/c1-13-22-18-16(25-13)6-5-14-4-3-8-21-17(14)19(18)23-10-9-20-15(12-23)7-11-24-2;5-3(6)1-2-4(7)8/h3-5,8,15,20H,6-7,9-12H2,1-2H3;1-2H2,(H,5,6)(H,7,8). The molecule has 0 saturated carbocycles. The Kier molecular flexibility index (Phi) is 8.93. The van der Waals surface area contributed by atoms with Crippen molar-refractivity contribution in [1.82, 2.24) is 20.2 Å². The Morgan fingerprint density at radius 2 is 2.06 bits per heavy atom. The molecule has 1 saturated heterocycles. The van der Waals surface area contributed by atoms with Crippen LogP contribution in [0.2, 0.25) is 0 Å². The van der Waals surface area contributed by atoms with Crippen LogP contribution in [0.15, 0.2) is 18.3 Å². The first kappa shape index (κ1) is 24.8. The number of carboxylic acid groups (broad SMARTS) is 2. The lowest BCUT2D eigenvalue weighted by atomic mass is 10.1. The van der Waals surface area contributed by atoms with Crippen LogP contribution in [0, 0.1) is 6.92 Å². The molecule has 1 aliphatic carbocycles. The highest BCUT2D eigenvalue weighted by atomic mass is 32.1. The van der Waals surface area contributed by atoms with E-state index in [9.17, 15) is 9.59 Å². The second-order valence-electron chi connectivity index (χ2n) is 7.87. The van der Waals surface area contributed by atoms with Crippen molar-refractivity contribution >= 4 is 35.0 Å². The van der Waals surface area contributed by atoms with E-state index in [4.69, 9.17) is 24.9 Å². The van der Waals surface area contributed by atoms with E-state index in [0.717, 1.165) is 55.1 Å². The number of carboxylic acids is 2. The third-order valence-corrected chi connectivity index (χ3v) is 6.39. The van der Waals surface area contributed by atoms with Gasteiger partial charge in [0.05, 0.1) is 28.9 Å². The molecule has 1 atom stereocenters. The highest BCUT2D eigenvalue weighted by Gasteiger charge is 2.26. The van der Waals surface area contributed by atoms with Crippen molar-refractivity contribution in [3.05, 3.63) is 44.5 Å². The molecule has 33 heavy (non-hydrogen) atoms. The molecule has 0 radical (unpaired) electrons. The Balaban J connectivity index is 0.000000331. The van der Waals surface area contributed by atoms with Gasteiger partial charge >= 0.3 is 11.9 Å². The Morgan fingerprint density at radius 1 is 1.30 bits per heavy atom. The van der Waals surface area contributed by atoms with Gasteiger partial charge in [0.1, 0.15) is 5.69 Å². The number of piperazine rings is 1. The average Bonchev–Trinajstić information content (AvgIpc) is 3.09. The number of aryl methyl sites for hydroxylation is 1. The van der Waals surface area contributed by atoms with Crippen molar-refractivity contribution in [2.75, 3.05) is 33.4 Å². The number of aliphatic carboxylic acids is 2. The smallest absolute Gasteiger partial charge is 0.303 e. The maximum absolute atomic E-state index is 9.64. The van der Waals surface area contributed by atoms with Crippen LogP contribution in [0.1, 0.15) is 34.8 Å². The predicted octanol–water partition coefficient (Wildman–Crippen LogP) is 0.586. The lowest BCUT2D eigenvalue weighted by Gasteiger charge is -2.36. The summed E-state index contributed by atoms with van der Waals surface area (Å²) >= 11 is 1.80. The number of carbonyl (C=O) groups is 2. The molecule has 3 heterocycles. The summed E-state index contributed by atoms with van der Waals surface area (Å²) in [4.78, 5) is 32.7. The third-order valence-electron chi connectivity index (χ3n) is 5.39. The zero-order valence-electron chi connectivity index (χ0n) is 18.9. The number of nitrogens with one attached hydrogen (secondary N) is 1. The van der Waals surface area contributed by atoms with Gasteiger partial charge < -0.3 is 25.2 Å². The van der Waals surface area contributed by atoms with E-state index in [0.29, 0.717) is 6.04 Å². The molecular weight excluding hydrogens is 444 g/mol. The minimum Gasteiger partial charge on any atom is -0.481 e. The van der Waals surface area contributed by atoms with Gasteiger partial charge in [0.2, 0.25) is 0 Å². The van der Waals surface area contributed by atoms with Gasteiger partial charge in [0.15, 0.2) is 0 Å². The summed E-state index contributed by atoms with van der Waals surface area (Å²) in [5, 5.41) is 22.8. The number of hydrogen-bond donors (Lipinski definition) is 3. The fraction of sp³-hybridized carbons (Fsp3) is 0.478. The van der Waals surface area contributed by atoms with Crippen LogP contribution in [-0.4, -0.2) is 76.4 Å². The van der Waals surface area contributed by atoms with Gasteiger partial charge in [-0.15, -0.1) is 11.3 Å². The van der Waals surface area contributed by atoms with Crippen molar-refractivity contribution in [1.29, 1.82) is 0 Å². The molecule has 178 valence electrons. The van der Waals surface area contributed by atoms with Crippen molar-refractivity contribution in [2.45, 2.75) is 38.6 Å². The molecular formula is C23H30N4O5S. The molecule has 2 aromatic rings. The predicted molar refractivity (Wildman–Crippen MR) is 125 cm³/mol. The van der Waals surface area contributed by atoms with E-state index in [2.05, 4.69) is 29.3 Å². The van der Waals surface area contributed by atoms with Crippen LogP contribution in [-0.2, 0) is 20.7 Å². The maximum Gasteiger partial charge on any atom is 0.303 e. The van der Waals surface area contributed by atoms with Crippen molar-refractivity contribution in [3.8, 4) is 0 Å². The SMILES string of the molecule is COCCC1CN(C2=c3ncccc3=CCc3sc(C)nc32)CCN1.O=C(O)CCC(=O)O. The van der Waals surface area contributed by atoms with E-state index in [1.165, 1.54) is 15.8 Å². The number of fused-ring (bicyclic) bond motifs is 2. The Bertz CT molecular complexity index is 1090. The van der Waals surface area contributed by atoms with Crippen LogP contribution in [0.4, 0.5) is 0 Å². The molecule has 4 rings (SSSR count). The minimum atomic E-state index is -1.08. The number of pyridine rings is 1. The van der Waals surface area contributed by atoms with Gasteiger partial charge in [-0.05, 0) is 24.6 Å². The van der Waals surface area contributed by atoms with Gasteiger partial charge in [-0.1, -0.05) is 12.1 Å². The van der Waals surface area contributed by atoms with E-state index in [1.807, 2.05) is 12.3 Å². The van der Waals surface area contributed by atoms with Gasteiger partial charge in [-0.25, -0.2) is 4.98 Å². The van der Waals surface area contributed by atoms with Gasteiger partial charge in [-0.2, -0.15) is 0 Å². The molecule has 3 N–H and O–H groups in total. The van der Waals surface area contributed by atoms with Crippen LogP contribution in [0.3, 0.4) is 0 Å². The number of methoxy groups -OCH3 is 1. The largest absolute Gasteiger partial charge is 0.481 e. The van der Waals surface area contributed by atoms with E-state index in [1.54, 1.807) is 18.4 Å². The molecule has 0 amide bonds. The molecule has 1 fully saturated rings. The molecule has 0 spiro atoms. The zero-order chi connectivity index (χ0) is 23.8. The molecule has 9 nitrogen and oxygen atoms in total. The second-order valence-corrected chi connectivity index (χ2v) is 9.16. The number of ether oxygens (including phenoxy) is 1. The molecule has 1 unspecified atom stereocenters. The normalized spacial score (nSPS) is 17.1. The van der Waals surface area contributed by atoms with Gasteiger partial charge in [0, 0.05) is 56.9 Å². The third kappa shape index (κ3) is 6.83. The molecule has 0 bridgehead atoms.